The molecule has 1 N–H and O–H groups in total. The predicted octanol–water partition coefficient (Wildman–Crippen LogP) is 2.51. The topological polar surface area (TPSA) is 76.2 Å². The van der Waals surface area contributed by atoms with Gasteiger partial charge >= 0.3 is 12.4 Å². The molecule has 1 aromatic carbocycles. The minimum Gasteiger partial charge on any atom is -0.478 e. The predicted molar refractivity (Wildman–Crippen MR) is 51.6 cm³/mol. The first-order chi connectivity index (χ1) is 8.49. The maximum Gasteiger partial charge on any atom is 0.338 e. The fraction of sp³-hybridized carbons (Fsp3) is 0.100. The Kier molecular flexibility index (Phi) is 3.00. The van der Waals surface area contributed by atoms with Crippen LogP contribution in [0, 0.1) is 5.82 Å². The van der Waals surface area contributed by atoms with Gasteiger partial charge in [0.25, 0.3) is 5.89 Å². The first kappa shape index (κ1) is 12.1. The van der Waals surface area contributed by atoms with Crippen LogP contribution >= 0.6 is 0 Å². The summed E-state index contributed by atoms with van der Waals surface area (Å²) in [5.41, 5.74) is -0.482. The molecule has 0 bridgehead atoms. The van der Waals surface area contributed by atoms with Crippen LogP contribution < -0.4 is 0 Å². The van der Waals surface area contributed by atoms with Crippen molar-refractivity contribution >= 4 is 5.97 Å². The SMILES string of the molecule is O=C(O)c1ccc(-c2noc(C(F)F)n2)cc1F. The Morgan fingerprint density at radius 3 is 2.61 bits per heavy atom. The zero-order valence-electron chi connectivity index (χ0n) is 8.60. The third kappa shape index (κ3) is 2.17. The molecule has 2 aromatic rings. The van der Waals surface area contributed by atoms with E-state index in [1.807, 2.05) is 0 Å². The lowest BCUT2D eigenvalue weighted by atomic mass is 10.1. The van der Waals surface area contributed by atoms with E-state index in [9.17, 15) is 18.0 Å². The maximum atomic E-state index is 13.3. The summed E-state index contributed by atoms with van der Waals surface area (Å²) < 4.78 is 42.0. The Balaban J connectivity index is 2.39. The molecule has 1 aromatic heterocycles. The van der Waals surface area contributed by atoms with Crippen molar-refractivity contribution in [3.63, 3.8) is 0 Å². The molecule has 0 spiro atoms. The van der Waals surface area contributed by atoms with Crippen LogP contribution in [0.1, 0.15) is 22.7 Å². The van der Waals surface area contributed by atoms with Gasteiger partial charge in [0, 0.05) is 5.56 Å². The second-order valence-corrected chi connectivity index (χ2v) is 3.26. The molecule has 8 heteroatoms. The highest BCUT2D eigenvalue weighted by Gasteiger charge is 2.18. The highest BCUT2D eigenvalue weighted by Crippen LogP contribution is 2.23. The van der Waals surface area contributed by atoms with Gasteiger partial charge in [0.2, 0.25) is 5.82 Å². The number of hydrogen-bond donors (Lipinski definition) is 1. The van der Waals surface area contributed by atoms with Gasteiger partial charge in [0.15, 0.2) is 0 Å². The van der Waals surface area contributed by atoms with E-state index in [-0.39, 0.29) is 11.4 Å². The van der Waals surface area contributed by atoms with Gasteiger partial charge in [-0.3, -0.25) is 0 Å². The second kappa shape index (κ2) is 4.47. The highest BCUT2D eigenvalue weighted by atomic mass is 19.3. The Labute approximate surface area is 97.9 Å². The van der Waals surface area contributed by atoms with Crippen LogP contribution in [-0.2, 0) is 0 Å². The third-order valence-electron chi connectivity index (χ3n) is 2.09. The number of benzene rings is 1. The summed E-state index contributed by atoms with van der Waals surface area (Å²) in [6, 6.07) is 3.03. The fourth-order valence-electron chi connectivity index (χ4n) is 1.27. The maximum absolute atomic E-state index is 13.3. The van der Waals surface area contributed by atoms with Gasteiger partial charge in [-0.2, -0.15) is 13.8 Å². The number of carboxylic acids is 1. The quantitative estimate of drug-likeness (QED) is 0.915. The molecule has 0 aliphatic carbocycles. The lowest BCUT2D eigenvalue weighted by Gasteiger charge is -1.98. The van der Waals surface area contributed by atoms with E-state index >= 15 is 0 Å². The molecular weight excluding hydrogens is 253 g/mol. The van der Waals surface area contributed by atoms with E-state index in [4.69, 9.17) is 5.11 Å². The van der Waals surface area contributed by atoms with E-state index in [1.54, 1.807) is 0 Å². The van der Waals surface area contributed by atoms with Crippen LogP contribution in [-0.4, -0.2) is 21.2 Å². The van der Waals surface area contributed by atoms with Crippen LogP contribution in [0.15, 0.2) is 22.7 Å². The summed E-state index contributed by atoms with van der Waals surface area (Å²) in [4.78, 5) is 13.9. The first-order valence-electron chi connectivity index (χ1n) is 4.64. The lowest BCUT2D eigenvalue weighted by Crippen LogP contribution is -2.00. The van der Waals surface area contributed by atoms with Gasteiger partial charge in [0.05, 0.1) is 5.56 Å². The van der Waals surface area contributed by atoms with Crippen molar-refractivity contribution in [2.45, 2.75) is 6.43 Å². The van der Waals surface area contributed by atoms with Crippen LogP contribution in [0.5, 0.6) is 0 Å². The number of carbonyl (C=O) groups is 1. The Morgan fingerprint density at radius 2 is 2.11 bits per heavy atom. The molecule has 0 amide bonds. The second-order valence-electron chi connectivity index (χ2n) is 3.26. The zero-order valence-corrected chi connectivity index (χ0v) is 8.60. The van der Waals surface area contributed by atoms with Crippen molar-refractivity contribution < 1.29 is 27.6 Å². The number of aromatic nitrogens is 2. The van der Waals surface area contributed by atoms with Crippen molar-refractivity contribution in [3.8, 4) is 11.4 Å². The van der Waals surface area contributed by atoms with Crippen molar-refractivity contribution in [2.75, 3.05) is 0 Å². The molecule has 0 radical (unpaired) electrons. The fourth-order valence-corrected chi connectivity index (χ4v) is 1.27. The van der Waals surface area contributed by atoms with Crippen LogP contribution in [0.2, 0.25) is 0 Å². The Hall–Kier alpha value is -2.38. The Bertz CT molecular complexity index is 598. The monoisotopic (exact) mass is 258 g/mol. The molecule has 5 nitrogen and oxygen atoms in total. The molecule has 0 saturated heterocycles. The third-order valence-corrected chi connectivity index (χ3v) is 2.09. The minimum atomic E-state index is -2.92. The van der Waals surface area contributed by atoms with Gasteiger partial charge in [-0.15, -0.1) is 0 Å². The van der Waals surface area contributed by atoms with Gasteiger partial charge in [-0.05, 0) is 18.2 Å². The molecule has 0 aliphatic heterocycles. The van der Waals surface area contributed by atoms with E-state index in [1.165, 1.54) is 6.07 Å². The van der Waals surface area contributed by atoms with Gasteiger partial charge < -0.3 is 9.63 Å². The summed E-state index contributed by atoms with van der Waals surface area (Å²) >= 11 is 0. The average molecular weight is 258 g/mol. The van der Waals surface area contributed by atoms with E-state index in [0.717, 1.165) is 12.1 Å². The van der Waals surface area contributed by atoms with E-state index in [0.29, 0.717) is 0 Å². The molecule has 18 heavy (non-hydrogen) atoms. The molecule has 2 rings (SSSR count). The highest BCUT2D eigenvalue weighted by molar-refractivity contribution is 5.88. The van der Waals surface area contributed by atoms with Gasteiger partial charge in [-0.25, -0.2) is 9.18 Å². The van der Waals surface area contributed by atoms with Gasteiger partial charge in [-0.1, -0.05) is 5.16 Å². The molecule has 1 heterocycles. The van der Waals surface area contributed by atoms with E-state index < -0.39 is 29.7 Å². The number of halogens is 3. The van der Waals surface area contributed by atoms with Crippen molar-refractivity contribution in [2.24, 2.45) is 0 Å². The summed E-state index contributed by atoms with van der Waals surface area (Å²) in [7, 11) is 0. The van der Waals surface area contributed by atoms with Gasteiger partial charge in [0.1, 0.15) is 5.82 Å². The number of rotatable bonds is 3. The smallest absolute Gasteiger partial charge is 0.338 e. The molecule has 0 fully saturated rings. The standard InChI is InChI=1S/C10H5F3N2O3/c11-6-3-4(1-2-5(6)10(16)17)8-14-9(7(12)13)18-15-8/h1-3,7H,(H,16,17). The molecular formula is C10H5F3N2O3. The van der Waals surface area contributed by atoms with Crippen LogP contribution in [0.4, 0.5) is 13.2 Å². The number of hydrogen-bond acceptors (Lipinski definition) is 4. The number of alkyl halides is 2. The number of nitrogens with zero attached hydrogens (tertiary/aromatic N) is 2. The summed E-state index contributed by atoms with van der Waals surface area (Å²) in [5, 5.41) is 11.9. The minimum absolute atomic E-state index is 0.0492. The normalized spacial score (nSPS) is 10.9. The van der Waals surface area contributed by atoms with Crippen molar-refractivity contribution in [3.05, 3.63) is 35.5 Å². The molecule has 0 unspecified atom stereocenters. The largest absolute Gasteiger partial charge is 0.478 e. The molecule has 0 atom stereocenters. The summed E-state index contributed by atoms with van der Waals surface area (Å²) in [6.45, 7) is 0. The van der Waals surface area contributed by atoms with Crippen molar-refractivity contribution in [1.82, 2.24) is 10.1 Å². The lowest BCUT2D eigenvalue weighted by molar-refractivity contribution is 0.0692. The first-order valence-corrected chi connectivity index (χ1v) is 4.64. The average Bonchev–Trinajstić information content (AvgIpc) is 2.77. The van der Waals surface area contributed by atoms with Crippen LogP contribution in [0.3, 0.4) is 0 Å². The zero-order chi connectivity index (χ0) is 13.3. The summed E-state index contributed by atoms with van der Waals surface area (Å²) in [6.07, 6.45) is -2.92. The Morgan fingerprint density at radius 1 is 1.39 bits per heavy atom. The molecule has 94 valence electrons. The number of carboxylic acid groups (broad SMARTS) is 1. The van der Waals surface area contributed by atoms with E-state index in [2.05, 4.69) is 14.7 Å². The van der Waals surface area contributed by atoms with Crippen LogP contribution in [0.25, 0.3) is 11.4 Å². The van der Waals surface area contributed by atoms with Crippen molar-refractivity contribution in [1.29, 1.82) is 0 Å². The summed E-state index contributed by atoms with van der Waals surface area (Å²) in [5.74, 6) is -3.56. The molecule has 0 saturated carbocycles. The molecule has 0 aliphatic rings. The number of aromatic carboxylic acids is 1.